The Kier molecular flexibility index (Phi) is 4.52. The molecule has 144 valence electrons. The molecule has 1 fully saturated rings. The van der Waals surface area contributed by atoms with Crippen LogP contribution in [-0.2, 0) is 0 Å². The van der Waals surface area contributed by atoms with E-state index < -0.39 is 0 Å². The molecule has 6 heteroatoms. The molecular weight excluding hydrogens is 362 g/mol. The topological polar surface area (TPSA) is 63.4 Å². The van der Waals surface area contributed by atoms with Gasteiger partial charge in [-0.25, -0.2) is 4.98 Å². The average molecular weight is 383 g/mol. The Balaban J connectivity index is 1.41. The molecule has 0 radical (unpaired) electrons. The molecule has 1 aliphatic heterocycles. The van der Waals surface area contributed by atoms with Gasteiger partial charge >= 0.3 is 0 Å². The maximum absolute atomic E-state index is 12.8. The highest BCUT2D eigenvalue weighted by Crippen LogP contribution is 2.28. The van der Waals surface area contributed by atoms with Crippen LogP contribution in [0.2, 0.25) is 0 Å². The summed E-state index contributed by atoms with van der Waals surface area (Å²) >= 11 is 0. The number of piperidine rings is 1. The molecule has 0 aliphatic carbocycles. The first-order valence-corrected chi connectivity index (χ1v) is 9.90. The summed E-state index contributed by atoms with van der Waals surface area (Å²) in [5.74, 6) is 1.87. The molecule has 0 amide bonds. The van der Waals surface area contributed by atoms with Crippen molar-refractivity contribution >= 4 is 17.4 Å². The second-order valence-corrected chi connectivity index (χ2v) is 7.33. The zero-order valence-corrected chi connectivity index (χ0v) is 16.0. The zero-order valence-electron chi connectivity index (χ0n) is 16.0. The smallest absolute Gasteiger partial charge is 0.254 e. The first-order chi connectivity index (χ1) is 14.3. The number of rotatable bonds is 4. The number of fused-ring (bicyclic) bond motifs is 1. The quantitative estimate of drug-likeness (QED) is 0.500. The van der Waals surface area contributed by atoms with Crippen molar-refractivity contribution in [1.29, 1.82) is 0 Å². The number of carbonyl (C=O) groups is 1. The van der Waals surface area contributed by atoms with Gasteiger partial charge in [-0.1, -0.05) is 60.7 Å². The summed E-state index contributed by atoms with van der Waals surface area (Å²) in [7, 11) is 0. The van der Waals surface area contributed by atoms with Crippen molar-refractivity contribution in [3.63, 3.8) is 0 Å². The predicted octanol–water partition coefficient (Wildman–Crippen LogP) is 3.89. The van der Waals surface area contributed by atoms with Crippen molar-refractivity contribution in [2.75, 3.05) is 18.0 Å². The molecule has 1 aliphatic rings. The molecule has 5 rings (SSSR count). The molecule has 6 nitrogen and oxygen atoms in total. The van der Waals surface area contributed by atoms with E-state index >= 15 is 0 Å². The Hall–Kier alpha value is -3.54. The summed E-state index contributed by atoms with van der Waals surface area (Å²) in [6.45, 7) is 1.60. The van der Waals surface area contributed by atoms with Crippen molar-refractivity contribution in [3.05, 3.63) is 78.6 Å². The molecule has 0 saturated carbocycles. The van der Waals surface area contributed by atoms with Gasteiger partial charge in [0.25, 0.3) is 5.78 Å². The highest BCUT2D eigenvalue weighted by Gasteiger charge is 2.27. The predicted molar refractivity (Wildman–Crippen MR) is 112 cm³/mol. The summed E-state index contributed by atoms with van der Waals surface area (Å²) < 4.78 is 1.78. The lowest BCUT2D eigenvalue weighted by Crippen LogP contribution is -2.37. The number of aromatic nitrogens is 4. The molecule has 0 atom stereocenters. The number of carbonyl (C=O) groups excluding carboxylic acids is 1. The molecule has 1 saturated heterocycles. The van der Waals surface area contributed by atoms with E-state index in [0.717, 1.165) is 48.6 Å². The van der Waals surface area contributed by atoms with Gasteiger partial charge in [0, 0.05) is 36.2 Å². The number of ketones is 1. The molecule has 4 aromatic rings. The average Bonchev–Trinajstić information content (AvgIpc) is 3.28. The van der Waals surface area contributed by atoms with E-state index in [4.69, 9.17) is 0 Å². The van der Waals surface area contributed by atoms with E-state index in [1.165, 1.54) is 6.33 Å². The van der Waals surface area contributed by atoms with Gasteiger partial charge in [0.2, 0.25) is 0 Å². The maximum atomic E-state index is 12.8. The van der Waals surface area contributed by atoms with Gasteiger partial charge in [-0.3, -0.25) is 4.79 Å². The number of Topliss-reactive ketones (excluding diaryl/α,β-unsaturated/α-hetero) is 1. The molecule has 2 aromatic heterocycles. The van der Waals surface area contributed by atoms with Gasteiger partial charge in [0.15, 0.2) is 5.78 Å². The van der Waals surface area contributed by atoms with Gasteiger partial charge in [0.1, 0.15) is 12.1 Å². The molecule has 0 spiro atoms. The summed E-state index contributed by atoms with van der Waals surface area (Å²) in [6.07, 6.45) is 3.19. The van der Waals surface area contributed by atoms with Crippen LogP contribution in [0.25, 0.3) is 17.0 Å². The van der Waals surface area contributed by atoms with Crippen LogP contribution in [0, 0.1) is 5.92 Å². The Labute approximate surface area is 168 Å². The van der Waals surface area contributed by atoms with Crippen molar-refractivity contribution in [2.45, 2.75) is 12.8 Å². The number of anilines is 1. The molecular formula is C23H21N5O. The highest BCUT2D eigenvalue weighted by atomic mass is 16.1. The highest BCUT2D eigenvalue weighted by molar-refractivity contribution is 5.97. The van der Waals surface area contributed by atoms with Crippen LogP contribution < -0.4 is 4.90 Å². The summed E-state index contributed by atoms with van der Waals surface area (Å²) in [5, 5.41) is 4.36. The van der Waals surface area contributed by atoms with Gasteiger partial charge in [-0.2, -0.15) is 14.6 Å². The molecule has 29 heavy (non-hydrogen) atoms. The van der Waals surface area contributed by atoms with E-state index in [0.29, 0.717) is 5.78 Å². The monoisotopic (exact) mass is 383 g/mol. The standard InChI is InChI=1S/C23H21N5O/c29-22(18-9-5-2-6-10-18)19-11-13-27(14-12-19)21-15-20(17-7-3-1-4-8-17)26-23-24-16-25-28(21)23/h1-10,15-16,19H,11-14H2. The van der Waals surface area contributed by atoms with E-state index in [2.05, 4.69) is 26.0 Å². The third kappa shape index (κ3) is 3.38. The van der Waals surface area contributed by atoms with E-state index in [-0.39, 0.29) is 11.7 Å². The Morgan fingerprint density at radius 3 is 2.34 bits per heavy atom. The van der Waals surface area contributed by atoms with E-state index in [1.807, 2.05) is 60.7 Å². The Morgan fingerprint density at radius 2 is 1.62 bits per heavy atom. The van der Waals surface area contributed by atoms with Crippen LogP contribution in [0.15, 0.2) is 73.1 Å². The normalized spacial score (nSPS) is 15.0. The number of hydrogen-bond acceptors (Lipinski definition) is 5. The second-order valence-electron chi connectivity index (χ2n) is 7.33. The SMILES string of the molecule is O=C(c1ccccc1)C1CCN(c2cc(-c3ccccc3)nc3ncnn23)CC1. The van der Waals surface area contributed by atoms with Gasteiger partial charge in [-0.15, -0.1) is 0 Å². The van der Waals surface area contributed by atoms with Gasteiger partial charge in [-0.05, 0) is 12.8 Å². The summed E-state index contributed by atoms with van der Waals surface area (Å²) in [5.41, 5.74) is 2.73. The Morgan fingerprint density at radius 1 is 0.931 bits per heavy atom. The molecule has 0 unspecified atom stereocenters. The molecule has 2 aromatic carbocycles. The Bertz CT molecular complexity index is 1130. The largest absolute Gasteiger partial charge is 0.356 e. The third-order valence-corrected chi connectivity index (χ3v) is 5.55. The third-order valence-electron chi connectivity index (χ3n) is 5.55. The number of benzene rings is 2. The lowest BCUT2D eigenvalue weighted by molar-refractivity contribution is 0.0900. The first-order valence-electron chi connectivity index (χ1n) is 9.90. The summed E-state index contributed by atoms with van der Waals surface area (Å²) in [6, 6.07) is 21.8. The minimum Gasteiger partial charge on any atom is -0.356 e. The van der Waals surface area contributed by atoms with Crippen molar-refractivity contribution in [1.82, 2.24) is 19.6 Å². The van der Waals surface area contributed by atoms with Gasteiger partial charge < -0.3 is 4.90 Å². The van der Waals surface area contributed by atoms with Crippen molar-refractivity contribution in [2.24, 2.45) is 5.92 Å². The number of hydrogen-bond donors (Lipinski definition) is 0. The molecule has 0 N–H and O–H groups in total. The van der Waals surface area contributed by atoms with Crippen LogP contribution >= 0.6 is 0 Å². The first kappa shape index (κ1) is 17.6. The number of nitrogens with zero attached hydrogens (tertiary/aromatic N) is 5. The fraction of sp³-hybridized carbons (Fsp3) is 0.217. The van der Waals surface area contributed by atoms with Crippen LogP contribution in [0.5, 0.6) is 0 Å². The van der Waals surface area contributed by atoms with Crippen molar-refractivity contribution in [3.8, 4) is 11.3 Å². The summed E-state index contributed by atoms with van der Waals surface area (Å²) in [4.78, 5) is 24.0. The lowest BCUT2D eigenvalue weighted by atomic mass is 9.89. The fourth-order valence-corrected chi connectivity index (χ4v) is 3.99. The zero-order chi connectivity index (χ0) is 19.6. The van der Waals surface area contributed by atoms with E-state index in [1.54, 1.807) is 4.52 Å². The maximum Gasteiger partial charge on any atom is 0.254 e. The second kappa shape index (κ2) is 7.47. The van der Waals surface area contributed by atoms with Crippen LogP contribution in [0.3, 0.4) is 0 Å². The van der Waals surface area contributed by atoms with Crippen molar-refractivity contribution < 1.29 is 4.79 Å². The van der Waals surface area contributed by atoms with Crippen LogP contribution in [0.1, 0.15) is 23.2 Å². The lowest BCUT2D eigenvalue weighted by Gasteiger charge is -2.33. The fourth-order valence-electron chi connectivity index (χ4n) is 3.99. The minimum atomic E-state index is 0.0651. The van der Waals surface area contributed by atoms with Crippen LogP contribution in [0.4, 0.5) is 5.82 Å². The minimum absolute atomic E-state index is 0.0651. The van der Waals surface area contributed by atoms with Gasteiger partial charge in [0.05, 0.1) is 5.69 Å². The van der Waals surface area contributed by atoms with Crippen LogP contribution in [-0.4, -0.2) is 38.5 Å². The molecule has 0 bridgehead atoms. The molecule has 3 heterocycles. The van der Waals surface area contributed by atoms with E-state index in [9.17, 15) is 4.79 Å².